The summed E-state index contributed by atoms with van der Waals surface area (Å²) in [5.74, 6) is 0.581. The molecule has 0 aromatic heterocycles. The molecule has 0 bridgehead atoms. The SMILES string of the molecule is Cc1ccc(C(CBr)OCC(C)C)cc1. The molecule has 2 heteroatoms. The van der Waals surface area contributed by atoms with Gasteiger partial charge in [-0.1, -0.05) is 59.6 Å². The number of benzene rings is 1. The second-order valence-corrected chi connectivity index (χ2v) is 4.93. The number of rotatable bonds is 5. The van der Waals surface area contributed by atoms with Crippen molar-refractivity contribution in [1.29, 1.82) is 0 Å². The molecule has 1 aromatic carbocycles. The predicted molar refractivity (Wildman–Crippen MR) is 68.5 cm³/mol. The maximum Gasteiger partial charge on any atom is 0.0921 e. The molecule has 0 N–H and O–H groups in total. The summed E-state index contributed by atoms with van der Waals surface area (Å²) in [6.07, 6.45) is 0.174. The van der Waals surface area contributed by atoms with Crippen LogP contribution < -0.4 is 0 Å². The summed E-state index contributed by atoms with van der Waals surface area (Å²) in [6.45, 7) is 7.24. The average molecular weight is 271 g/mol. The van der Waals surface area contributed by atoms with E-state index in [0.717, 1.165) is 11.9 Å². The van der Waals surface area contributed by atoms with Gasteiger partial charge in [-0.2, -0.15) is 0 Å². The minimum atomic E-state index is 0.174. The summed E-state index contributed by atoms with van der Waals surface area (Å²) in [4.78, 5) is 0. The third-order valence-corrected chi connectivity index (χ3v) is 2.81. The molecule has 0 heterocycles. The highest BCUT2D eigenvalue weighted by molar-refractivity contribution is 9.09. The fraction of sp³-hybridized carbons (Fsp3) is 0.538. The lowest BCUT2D eigenvalue weighted by atomic mass is 10.1. The van der Waals surface area contributed by atoms with E-state index in [1.807, 2.05) is 0 Å². The van der Waals surface area contributed by atoms with Crippen molar-refractivity contribution in [3.05, 3.63) is 35.4 Å². The molecule has 1 unspecified atom stereocenters. The summed E-state index contributed by atoms with van der Waals surface area (Å²) >= 11 is 3.50. The third-order valence-electron chi connectivity index (χ3n) is 2.22. The van der Waals surface area contributed by atoms with Crippen LogP contribution in [0.1, 0.15) is 31.1 Å². The Hall–Kier alpha value is -0.340. The van der Waals surface area contributed by atoms with Crippen LogP contribution in [-0.4, -0.2) is 11.9 Å². The van der Waals surface area contributed by atoms with E-state index < -0.39 is 0 Å². The number of ether oxygens (including phenoxy) is 1. The van der Waals surface area contributed by atoms with Gasteiger partial charge in [-0.3, -0.25) is 0 Å². The van der Waals surface area contributed by atoms with Crippen molar-refractivity contribution in [3.63, 3.8) is 0 Å². The summed E-state index contributed by atoms with van der Waals surface area (Å²) in [7, 11) is 0. The molecule has 0 fully saturated rings. The Kier molecular flexibility index (Phi) is 5.34. The highest BCUT2D eigenvalue weighted by atomic mass is 79.9. The summed E-state index contributed by atoms with van der Waals surface area (Å²) in [6, 6.07) is 8.54. The second-order valence-electron chi connectivity index (χ2n) is 4.28. The smallest absolute Gasteiger partial charge is 0.0921 e. The van der Waals surface area contributed by atoms with Crippen molar-refractivity contribution in [3.8, 4) is 0 Å². The molecule has 84 valence electrons. The number of hydrogen-bond donors (Lipinski definition) is 0. The Morgan fingerprint density at radius 1 is 1.20 bits per heavy atom. The van der Waals surface area contributed by atoms with E-state index in [4.69, 9.17) is 4.74 Å². The fourth-order valence-corrected chi connectivity index (χ4v) is 1.88. The molecule has 1 nitrogen and oxygen atoms in total. The third kappa shape index (κ3) is 4.35. The lowest BCUT2D eigenvalue weighted by Crippen LogP contribution is -2.10. The highest BCUT2D eigenvalue weighted by Crippen LogP contribution is 2.20. The number of alkyl halides is 1. The van der Waals surface area contributed by atoms with Gasteiger partial charge in [-0.15, -0.1) is 0 Å². The van der Waals surface area contributed by atoms with Crippen LogP contribution in [-0.2, 0) is 4.74 Å². The largest absolute Gasteiger partial charge is 0.372 e. The Bertz CT molecular complexity index is 279. The molecule has 0 saturated heterocycles. The first kappa shape index (κ1) is 12.7. The maximum atomic E-state index is 5.83. The van der Waals surface area contributed by atoms with Gasteiger partial charge >= 0.3 is 0 Å². The van der Waals surface area contributed by atoms with Crippen LogP contribution in [0, 0.1) is 12.8 Å². The Morgan fingerprint density at radius 2 is 1.80 bits per heavy atom. The monoisotopic (exact) mass is 270 g/mol. The van der Waals surface area contributed by atoms with Crippen molar-refractivity contribution in [2.75, 3.05) is 11.9 Å². The van der Waals surface area contributed by atoms with Crippen LogP contribution in [0.2, 0.25) is 0 Å². The highest BCUT2D eigenvalue weighted by Gasteiger charge is 2.10. The minimum Gasteiger partial charge on any atom is -0.372 e. The Labute approximate surface area is 101 Å². The van der Waals surface area contributed by atoms with E-state index in [2.05, 4.69) is 61.0 Å². The van der Waals surface area contributed by atoms with Crippen LogP contribution in [0.15, 0.2) is 24.3 Å². The summed E-state index contributed by atoms with van der Waals surface area (Å²) < 4.78 is 5.83. The molecular weight excluding hydrogens is 252 g/mol. The maximum absolute atomic E-state index is 5.83. The van der Waals surface area contributed by atoms with Gasteiger partial charge in [0.1, 0.15) is 0 Å². The Morgan fingerprint density at radius 3 is 2.27 bits per heavy atom. The molecule has 0 aliphatic heterocycles. The van der Waals surface area contributed by atoms with E-state index in [9.17, 15) is 0 Å². The lowest BCUT2D eigenvalue weighted by molar-refractivity contribution is 0.0507. The van der Waals surface area contributed by atoms with Crippen molar-refractivity contribution in [2.24, 2.45) is 5.92 Å². The van der Waals surface area contributed by atoms with Gasteiger partial charge in [-0.25, -0.2) is 0 Å². The first-order valence-corrected chi connectivity index (χ1v) is 6.49. The van der Waals surface area contributed by atoms with Crippen molar-refractivity contribution in [1.82, 2.24) is 0 Å². The quantitative estimate of drug-likeness (QED) is 0.732. The van der Waals surface area contributed by atoms with Crippen LogP contribution in [0.25, 0.3) is 0 Å². The molecule has 1 aromatic rings. The Balaban J connectivity index is 2.61. The summed E-state index contributed by atoms with van der Waals surface area (Å²) in [5, 5.41) is 0.850. The molecule has 1 rings (SSSR count). The predicted octanol–water partition coefficient (Wildman–Crippen LogP) is 4.10. The molecule has 0 saturated carbocycles. The molecule has 0 amide bonds. The minimum absolute atomic E-state index is 0.174. The molecule has 0 aliphatic rings. The normalized spacial score (nSPS) is 13.1. The van der Waals surface area contributed by atoms with Gasteiger partial charge < -0.3 is 4.74 Å². The fourth-order valence-electron chi connectivity index (χ4n) is 1.32. The standard InChI is InChI=1S/C13H19BrO/c1-10(2)9-15-13(8-14)12-6-4-11(3)5-7-12/h4-7,10,13H,8-9H2,1-3H3. The van der Waals surface area contributed by atoms with Gasteiger partial charge in [-0.05, 0) is 18.4 Å². The second kappa shape index (κ2) is 6.29. The van der Waals surface area contributed by atoms with Crippen molar-refractivity contribution >= 4 is 15.9 Å². The number of halogens is 1. The first-order chi connectivity index (χ1) is 7.13. The van der Waals surface area contributed by atoms with Crippen molar-refractivity contribution in [2.45, 2.75) is 26.9 Å². The van der Waals surface area contributed by atoms with Crippen molar-refractivity contribution < 1.29 is 4.74 Å². The summed E-state index contributed by atoms with van der Waals surface area (Å²) in [5.41, 5.74) is 2.54. The topological polar surface area (TPSA) is 9.23 Å². The van der Waals surface area contributed by atoms with E-state index >= 15 is 0 Å². The number of aryl methyl sites for hydroxylation is 1. The van der Waals surface area contributed by atoms with Gasteiger partial charge in [0.05, 0.1) is 6.10 Å². The first-order valence-electron chi connectivity index (χ1n) is 5.37. The van der Waals surface area contributed by atoms with Crippen LogP contribution >= 0.6 is 15.9 Å². The van der Waals surface area contributed by atoms with E-state index in [1.165, 1.54) is 11.1 Å². The molecule has 1 atom stereocenters. The average Bonchev–Trinajstić information content (AvgIpc) is 2.21. The van der Waals surface area contributed by atoms with Crippen LogP contribution in [0.4, 0.5) is 0 Å². The van der Waals surface area contributed by atoms with E-state index in [0.29, 0.717) is 5.92 Å². The number of hydrogen-bond acceptors (Lipinski definition) is 1. The molecule has 0 aliphatic carbocycles. The van der Waals surface area contributed by atoms with Crippen LogP contribution in [0.5, 0.6) is 0 Å². The zero-order chi connectivity index (χ0) is 11.3. The molecule has 15 heavy (non-hydrogen) atoms. The zero-order valence-electron chi connectivity index (χ0n) is 9.66. The van der Waals surface area contributed by atoms with Gasteiger partial charge in [0.25, 0.3) is 0 Å². The van der Waals surface area contributed by atoms with Gasteiger partial charge in [0.2, 0.25) is 0 Å². The zero-order valence-corrected chi connectivity index (χ0v) is 11.3. The van der Waals surface area contributed by atoms with Gasteiger partial charge in [0.15, 0.2) is 0 Å². The molecule has 0 spiro atoms. The molecular formula is C13H19BrO. The lowest BCUT2D eigenvalue weighted by Gasteiger charge is -2.17. The van der Waals surface area contributed by atoms with E-state index in [1.54, 1.807) is 0 Å². The van der Waals surface area contributed by atoms with Gasteiger partial charge in [0, 0.05) is 11.9 Å². The molecule has 0 radical (unpaired) electrons. The van der Waals surface area contributed by atoms with E-state index in [-0.39, 0.29) is 6.10 Å². The van der Waals surface area contributed by atoms with Crippen LogP contribution in [0.3, 0.4) is 0 Å².